The smallest absolute Gasteiger partial charge is 0.123 e. The van der Waals surface area contributed by atoms with Crippen molar-refractivity contribution in [1.29, 1.82) is 0 Å². The second kappa shape index (κ2) is 6.72. The van der Waals surface area contributed by atoms with Crippen LogP contribution >= 0.6 is 0 Å². The van der Waals surface area contributed by atoms with Crippen LogP contribution in [0.2, 0.25) is 0 Å². The molecule has 1 aromatic heterocycles. The average Bonchev–Trinajstić information content (AvgIpc) is 2.74. The fourth-order valence-corrected chi connectivity index (χ4v) is 3.17. The number of aryl methyl sites for hydroxylation is 2. The van der Waals surface area contributed by atoms with Gasteiger partial charge in [-0.05, 0) is 44.5 Å². The van der Waals surface area contributed by atoms with E-state index in [9.17, 15) is 5.11 Å². The van der Waals surface area contributed by atoms with Gasteiger partial charge in [-0.25, -0.2) is 0 Å². The van der Waals surface area contributed by atoms with Crippen LogP contribution in [-0.4, -0.2) is 39.0 Å². The molecular formula is C18H25N3O2. The number of benzene rings is 1. The summed E-state index contributed by atoms with van der Waals surface area (Å²) in [5, 5.41) is 13.9. The highest BCUT2D eigenvalue weighted by molar-refractivity contribution is 5.37. The maximum atomic E-state index is 9.35. The van der Waals surface area contributed by atoms with Crippen molar-refractivity contribution in [1.82, 2.24) is 14.7 Å². The number of fused-ring (bicyclic) bond motifs is 1. The molecule has 0 radical (unpaired) electrons. The van der Waals surface area contributed by atoms with Crippen molar-refractivity contribution in [3.05, 3.63) is 46.8 Å². The Morgan fingerprint density at radius 3 is 2.83 bits per heavy atom. The SMILES string of the molecule is Cc1cc(C)n(C[C@@H](C)N2CCOc3ccc(CO)cc3C2)n1. The van der Waals surface area contributed by atoms with Crippen LogP contribution in [0.25, 0.3) is 0 Å². The van der Waals surface area contributed by atoms with E-state index in [0.29, 0.717) is 12.6 Å². The number of hydrogen-bond acceptors (Lipinski definition) is 4. The van der Waals surface area contributed by atoms with Crippen LogP contribution in [0.4, 0.5) is 0 Å². The second-order valence-electron chi connectivity index (χ2n) is 6.38. The molecule has 5 nitrogen and oxygen atoms in total. The van der Waals surface area contributed by atoms with Crippen LogP contribution in [0.3, 0.4) is 0 Å². The van der Waals surface area contributed by atoms with E-state index in [1.54, 1.807) is 0 Å². The van der Waals surface area contributed by atoms with Crippen molar-refractivity contribution in [2.45, 2.75) is 46.5 Å². The zero-order valence-electron chi connectivity index (χ0n) is 14.1. The summed E-state index contributed by atoms with van der Waals surface area (Å²) in [5.74, 6) is 0.933. The highest BCUT2D eigenvalue weighted by Gasteiger charge is 2.21. The quantitative estimate of drug-likeness (QED) is 0.940. The Hall–Kier alpha value is -1.85. The normalized spacial score (nSPS) is 16.5. The molecule has 0 saturated carbocycles. The zero-order chi connectivity index (χ0) is 16.4. The Bertz CT molecular complexity index is 681. The molecule has 1 N–H and O–H groups in total. The summed E-state index contributed by atoms with van der Waals surface area (Å²) in [6.45, 7) is 9.71. The lowest BCUT2D eigenvalue weighted by Crippen LogP contribution is -2.37. The molecule has 5 heteroatoms. The summed E-state index contributed by atoms with van der Waals surface area (Å²) in [6, 6.07) is 8.41. The van der Waals surface area contributed by atoms with Crippen molar-refractivity contribution in [3.8, 4) is 5.75 Å². The minimum atomic E-state index is 0.0641. The van der Waals surface area contributed by atoms with E-state index in [1.165, 1.54) is 5.69 Å². The molecule has 0 saturated heterocycles. The molecule has 1 aromatic carbocycles. The molecule has 0 amide bonds. The summed E-state index contributed by atoms with van der Waals surface area (Å²) in [7, 11) is 0. The molecule has 2 heterocycles. The van der Waals surface area contributed by atoms with Gasteiger partial charge >= 0.3 is 0 Å². The van der Waals surface area contributed by atoms with Crippen LogP contribution in [0, 0.1) is 13.8 Å². The monoisotopic (exact) mass is 315 g/mol. The lowest BCUT2D eigenvalue weighted by atomic mass is 10.1. The van der Waals surface area contributed by atoms with Gasteiger partial charge in [0.2, 0.25) is 0 Å². The van der Waals surface area contributed by atoms with Crippen LogP contribution < -0.4 is 4.74 Å². The van der Waals surface area contributed by atoms with Crippen molar-refractivity contribution in [2.24, 2.45) is 0 Å². The van der Waals surface area contributed by atoms with Crippen molar-refractivity contribution in [3.63, 3.8) is 0 Å². The van der Waals surface area contributed by atoms with Gasteiger partial charge in [-0.15, -0.1) is 0 Å². The molecule has 1 atom stereocenters. The topological polar surface area (TPSA) is 50.5 Å². The van der Waals surface area contributed by atoms with Crippen LogP contribution in [0.5, 0.6) is 5.75 Å². The van der Waals surface area contributed by atoms with E-state index in [0.717, 1.165) is 42.2 Å². The minimum Gasteiger partial charge on any atom is -0.492 e. The van der Waals surface area contributed by atoms with Crippen LogP contribution in [-0.2, 0) is 19.7 Å². The van der Waals surface area contributed by atoms with E-state index in [4.69, 9.17) is 4.74 Å². The number of aliphatic hydroxyl groups is 1. The predicted molar refractivity (Wildman–Crippen MR) is 89.4 cm³/mol. The number of hydrogen-bond donors (Lipinski definition) is 1. The lowest BCUT2D eigenvalue weighted by molar-refractivity contribution is 0.161. The number of nitrogens with zero attached hydrogens (tertiary/aromatic N) is 3. The molecule has 124 valence electrons. The van der Waals surface area contributed by atoms with Crippen LogP contribution in [0.1, 0.15) is 29.4 Å². The molecule has 0 bridgehead atoms. The number of aromatic nitrogens is 2. The lowest BCUT2D eigenvalue weighted by Gasteiger charge is -2.27. The Morgan fingerprint density at radius 1 is 1.30 bits per heavy atom. The van der Waals surface area contributed by atoms with Crippen molar-refractivity contribution >= 4 is 0 Å². The zero-order valence-corrected chi connectivity index (χ0v) is 14.1. The van der Waals surface area contributed by atoms with Gasteiger partial charge in [0, 0.05) is 30.4 Å². The van der Waals surface area contributed by atoms with Gasteiger partial charge < -0.3 is 9.84 Å². The van der Waals surface area contributed by atoms with Crippen molar-refractivity contribution in [2.75, 3.05) is 13.2 Å². The Balaban J connectivity index is 1.75. The number of rotatable bonds is 4. The van der Waals surface area contributed by atoms with Gasteiger partial charge in [-0.1, -0.05) is 6.07 Å². The molecule has 1 aliphatic heterocycles. The molecule has 0 spiro atoms. The summed E-state index contributed by atoms with van der Waals surface area (Å²) in [5.41, 5.74) is 4.34. The first-order valence-electron chi connectivity index (χ1n) is 8.17. The highest BCUT2D eigenvalue weighted by Crippen LogP contribution is 2.25. The van der Waals surface area contributed by atoms with E-state index >= 15 is 0 Å². The molecule has 3 rings (SSSR count). The first kappa shape index (κ1) is 16.0. The molecule has 0 aliphatic carbocycles. The van der Waals surface area contributed by atoms with Gasteiger partial charge in [0.1, 0.15) is 12.4 Å². The van der Waals surface area contributed by atoms with Crippen molar-refractivity contribution < 1.29 is 9.84 Å². The van der Waals surface area contributed by atoms with Gasteiger partial charge in [0.05, 0.1) is 18.8 Å². The highest BCUT2D eigenvalue weighted by atomic mass is 16.5. The molecule has 1 aliphatic rings. The van der Waals surface area contributed by atoms with E-state index in [-0.39, 0.29) is 6.61 Å². The van der Waals surface area contributed by atoms with Gasteiger partial charge in [-0.2, -0.15) is 5.10 Å². The third-order valence-electron chi connectivity index (χ3n) is 4.48. The third kappa shape index (κ3) is 3.57. The van der Waals surface area contributed by atoms with Gasteiger partial charge in [0.15, 0.2) is 0 Å². The molecule has 23 heavy (non-hydrogen) atoms. The van der Waals surface area contributed by atoms with Gasteiger partial charge in [-0.3, -0.25) is 9.58 Å². The molecule has 0 fully saturated rings. The van der Waals surface area contributed by atoms with E-state index in [2.05, 4.69) is 34.6 Å². The summed E-state index contributed by atoms with van der Waals surface area (Å²) < 4.78 is 7.94. The fraction of sp³-hybridized carbons (Fsp3) is 0.500. The Morgan fingerprint density at radius 2 is 2.13 bits per heavy atom. The minimum absolute atomic E-state index is 0.0641. The largest absolute Gasteiger partial charge is 0.492 e. The average molecular weight is 315 g/mol. The summed E-state index contributed by atoms with van der Waals surface area (Å²) in [4.78, 5) is 2.42. The standard InChI is InChI=1S/C18H25N3O2/c1-13-8-14(2)21(19-13)10-15(3)20-6-7-23-18-5-4-16(12-22)9-17(18)11-20/h4-5,8-9,15,22H,6-7,10-12H2,1-3H3/t15-/m1/s1. The molecule has 2 aromatic rings. The maximum Gasteiger partial charge on any atom is 0.123 e. The number of ether oxygens (including phenoxy) is 1. The summed E-state index contributed by atoms with van der Waals surface area (Å²) in [6.07, 6.45) is 0. The van der Waals surface area contributed by atoms with Gasteiger partial charge in [0.25, 0.3) is 0 Å². The molecular weight excluding hydrogens is 290 g/mol. The predicted octanol–water partition coefficient (Wildman–Crippen LogP) is 2.28. The first-order chi connectivity index (χ1) is 11.1. The first-order valence-corrected chi connectivity index (χ1v) is 8.17. The van der Waals surface area contributed by atoms with Crippen LogP contribution in [0.15, 0.2) is 24.3 Å². The fourth-order valence-electron chi connectivity index (χ4n) is 3.17. The second-order valence-corrected chi connectivity index (χ2v) is 6.38. The number of aliphatic hydroxyl groups excluding tert-OH is 1. The van der Waals surface area contributed by atoms with E-state index < -0.39 is 0 Å². The Labute approximate surface area is 137 Å². The van der Waals surface area contributed by atoms with E-state index in [1.807, 2.05) is 25.1 Å². The summed E-state index contributed by atoms with van der Waals surface area (Å²) >= 11 is 0. The Kier molecular flexibility index (Phi) is 4.68. The third-order valence-corrected chi connectivity index (χ3v) is 4.48. The molecule has 0 unspecified atom stereocenters. The maximum absolute atomic E-state index is 9.35.